The minimum Gasteiger partial charge on any atom is -0.456 e. The van der Waals surface area contributed by atoms with Gasteiger partial charge in [0.15, 0.2) is 8.07 Å². The van der Waals surface area contributed by atoms with Crippen molar-refractivity contribution in [1.29, 1.82) is 0 Å². The Morgan fingerprint density at radius 1 is 0.312 bits per heavy atom. The maximum absolute atomic E-state index is 6.32. The molecule has 13 rings (SSSR count). The standard InChI is InChI=1S/C60H40N2OSi/c1-4-20-43(21-5-1)64(44-22-6-2-7-23-44,45-24-8-3-9-25-45)46-26-16-19-42(40-46)61-53-32-14-11-28-49(53)60-55(61)33-18-34-56(60)62-52-31-13-10-27-48(52)51-39-41(37-38-54(51)62)47-30-17-36-58-59(47)50-29-12-15-35-57(50)63-58/h1-40H. The molecule has 3 aromatic heterocycles. The fraction of sp³-hybridized carbons (Fsp3) is 0. The fourth-order valence-electron chi connectivity index (χ4n) is 10.8. The van der Waals surface area contributed by atoms with E-state index in [1.54, 1.807) is 0 Å². The highest BCUT2D eigenvalue weighted by atomic mass is 28.3. The summed E-state index contributed by atoms with van der Waals surface area (Å²) in [6.45, 7) is 0. The van der Waals surface area contributed by atoms with Gasteiger partial charge < -0.3 is 13.6 Å². The number of rotatable bonds is 7. The van der Waals surface area contributed by atoms with E-state index in [-0.39, 0.29) is 0 Å². The average molecular weight is 833 g/mol. The molecule has 0 aliphatic carbocycles. The van der Waals surface area contributed by atoms with Crippen LogP contribution in [0.1, 0.15) is 0 Å². The van der Waals surface area contributed by atoms with Crippen molar-refractivity contribution in [3.05, 3.63) is 243 Å². The summed E-state index contributed by atoms with van der Waals surface area (Å²) >= 11 is 0. The van der Waals surface area contributed by atoms with Crippen LogP contribution in [0.25, 0.3) is 88.1 Å². The minimum absolute atomic E-state index is 0.906. The van der Waals surface area contributed by atoms with Gasteiger partial charge in [-0.3, -0.25) is 0 Å². The second-order valence-corrected chi connectivity index (χ2v) is 20.6. The molecule has 0 unspecified atom stereocenters. The molecule has 0 amide bonds. The number of nitrogens with zero attached hydrogens (tertiary/aromatic N) is 2. The van der Waals surface area contributed by atoms with Crippen molar-refractivity contribution in [2.24, 2.45) is 0 Å². The molecule has 3 heterocycles. The first-order chi connectivity index (χ1) is 31.8. The summed E-state index contributed by atoms with van der Waals surface area (Å²) in [4.78, 5) is 0. The van der Waals surface area contributed by atoms with Gasteiger partial charge in [-0.15, -0.1) is 0 Å². The lowest BCUT2D eigenvalue weighted by atomic mass is 9.98. The van der Waals surface area contributed by atoms with Gasteiger partial charge in [0.2, 0.25) is 0 Å². The molecule has 0 saturated heterocycles. The van der Waals surface area contributed by atoms with E-state index in [1.807, 2.05) is 6.07 Å². The van der Waals surface area contributed by atoms with E-state index in [9.17, 15) is 0 Å². The van der Waals surface area contributed by atoms with Crippen LogP contribution in [0.2, 0.25) is 0 Å². The Morgan fingerprint density at radius 3 is 1.56 bits per heavy atom. The minimum atomic E-state index is -2.77. The van der Waals surface area contributed by atoms with Crippen LogP contribution in [0.5, 0.6) is 0 Å². The lowest BCUT2D eigenvalue weighted by molar-refractivity contribution is 0.669. The maximum atomic E-state index is 6.32. The molecule has 0 saturated carbocycles. The number of benzene rings is 10. The Balaban J connectivity index is 1.05. The summed E-state index contributed by atoms with van der Waals surface area (Å²) in [6.07, 6.45) is 0. The maximum Gasteiger partial charge on any atom is 0.179 e. The smallest absolute Gasteiger partial charge is 0.179 e. The van der Waals surface area contributed by atoms with Crippen LogP contribution in [-0.2, 0) is 0 Å². The molecule has 0 fully saturated rings. The average Bonchev–Trinajstić information content (AvgIpc) is 4.03. The second-order valence-electron chi connectivity index (χ2n) is 16.8. The molecule has 13 aromatic rings. The predicted octanol–water partition coefficient (Wildman–Crippen LogP) is 12.8. The number of aromatic nitrogens is 2. The Kier molecular flexibility index (Phi) is 8.23. The van der Waals surface area contributed by atoms with Crippen molar-refractivity contribution in [2.45, 2.75) is 0 Å². The molecule has 0 aliphatic rings. The number of hydrogen-bond acceptors (Lipinski definition) is 1. The summed E-state index contributed by atoms with van der Waals surface area (Å²) in [6, 6.07) is 89.3. The zero-order chi connectivity index (χ0) is 42.2. The van der Waals surface area contributed by atoms with Gasteiger partial charge in [-0.05, 0) is 92.5 Å². The van der Waals surface area contributed by atoms with Crippen molar-refractivity contribution < 1.29 is 4.42 Å². The molecule has 300 valence electrons. The van der Waals surface area contributed by atoms with Gasteiger partial charge in [0.05, 0.1) is 27.8 Å². The van der Waals surface area contributed by atoms with Crippen molar-refractivity contribution in [3.63, 3.8) is 0 Å². The number of fused-ring (bicyclic) bond motifs is 9. The zero-order valence-electron chi connectivity index (χ0n) is 34.9. The highest BCUT2D eigenvalue weighted by Gasteiger charge is 2.41. The van der Waals surface area contributed by atoms with Gasteiger partial charge in [-0.2, -0.15) is 0 Å². The Hall–Kier alpha value is -8.18. The van der Waals surface area contributed by atoms with Gasteiger partial charge in [0.25, 0.3) is 0 Å². The van der Waals surface area contributed by atoms with Gasteiger partial charge in [0, 0.05) is 38.0 Å². The summed E-state index contributed by atoms with van der Waals surface area (Å²) < 4.78 is 11.3. The largest absolute Gasteiger partial charge is 0.456 e. The van der Waals surface area contributed by atoms with Crippen LogP contribution in [0.3, 0.4) is 0 Å². The molecular formula is C60H40N2OSi. The van der Waals surface area contributed by atoms with Crippen LogP contribution in [0.4, 0.5) is 0 Å². The van der Waals surface area contributed by atoms with E-state index in [0.29, 0.717) is 0 Å². The van der Waals surface area contributed by atoms with E-state index in [2.05, 4.69) is 246 Å². The van der Waals surface area contributed by atoms with E-state index in [0.717, 1.165) is 33.3 Å². The fourth-order valence-corrected chi connectivity index (χ4v) is 15.6. The topological polar surface area (TPSA) is 23.0 Å². The van der Waals surface area contributed by atoms with Crippen LogP contribution < -0.4 is 20.7 Å². The third kappa shape index (κ3) is 5.33. The zero-order valence-corrected chi connectivity index (χ0v) is 35.9. The SMILES string of the molecule is c1ccc([Si](c2ccccc2)(c2ccccc2)c2cccc(-n3c4ccccc4c4c(-n5c6ccccc6c6cc(-c7cccc8oc9ccccc9c78)ccc65)cccc43)c2)cc1. The first-order valence-electron chi connectivity index (χ1n) is 22.0. The van der Waals surface area contributed by atoms with E-state index in [1.165, 1.54) is 75.5 Å². The van der Waals surface area contributed by atoms with E-state index >= 15 is 0 Å². The highest BCUT2D eigenvalue weighted by Crippen LogP contribution is 2.42. The molecule has 0 atom stereocenters. The number of furan rings is 1. The Bertz CT molecular complexity index is 3800. The monoisotopic (exact) mass is 832 g/mol. The summed E-state index contributed by atoms with van der Waals surface area (Å²) in [5.74, 6) is 0. The molecule has 4 heteroatoms. The lowest BCUT2D eigenvalue weighted by Crippen LogP contribution is -2.74. The molecule has 0 spiro atoms. The number of hydrogen-bond donors (Lipinski definition) is 0. The third-order valence-electron chi connectivity index (χ3n) is 13.5. The summed E-state index contributed by atoms with van der Waals surface area (Å²) in [7, 11) is -2.77. The van der Waals surface area contributed by atoms with E-state index < -0.39 is 8.07 Å². The van der Waals surface area contributed by atoms with Gasteiger partial charge in [0.1, 0.15) is 11.2 Å². The Labute approximate surface area is 371 Å². The van der Waals surface area contributed by atoms with Crippen LogP contribution >= 0.6 is 0 Å². The quantitative estimate of drug-likeness (QED) is 0.116. The molecule has 0 aliphatic heterocycles. The summed E-state index contributed by atoms with van der Waals surface area (Å²) in [5, 5.41) is 12.6. The van der Waals surface area contributed by atoms with Crippen molar-refractivity contribution in [2.75, 3.05) is 0 Å². The number of para-hydroxylation sites is 3. The third-order valence-corrected chi connectivity index (χ3v) is 18.2. The van der Waals surface area contributed by atoms with Crippen molar-refractivity contribution in [1.82, 2.24) is 9.13 Å². The summed E-state index contributed by atoms with van der Waals surface area (Å²) in [5.41, 5.74) is 11.2. The Morgan fingerprint density at radius 2 is 0.844 bits per heavy atom. The van der Waals surface area contributed by atoms with E-state index in [4.69, 9.17) is 4.42 Å². The second kappa shape index (κ2) is 14.5. The van der Waals surface area contributed by atoms with Crippen LogP contribution in [0.15, 0.2) is 247 Å². The van der Waals surface area contributed by atoms with Gasteiger partial charge >= 0.3 is 0 Å². The molecule has 0 radical (unpaired) electrons. The van der Waals surface area contributed by atoms with Crippen LogP contribution in [0, 0.1) is 0 Å². The predicted molar refractivity (Wildman–Crippen MR) is 271 cm³/mol. The molecule has 3 nitrogen and oxygen atoms in total. The van der Waals surface area contributed by atoms with Crippen molar-refractivity contribution >= 4 is 94.4 Å². The molecular weight excluding hydrogens is 793 g/mol. The molecule has 0 bridgehead atoms. The first kappa shape index (κ1) is 36.5. The van der Waals surface area contributed by atoms with Crippen LogP contribution in [-0.4, -0.2) is 17.2 Å². The molecule has 64 heavy (non-hydrogen) atoms. The van der Waals surface area contributed by atoms with Gasteiger partial charge in [-0.1, -0.05) is 182 Å². The van der Waals surface area contributed by atoms with Gasteiger partial charge in [-0.25, -0.2) is 0 Å². The lowest BCUT2D eigenvalue weighted by Gasteiger charge is -2.34. The molecule has 10 aromatic carbocycles. The highest BCUT2D eigenvalue weighted by molar-refractivity contribution is 7.19. The first-order valence-corrected chi connectivity index (χ1v) is 24.0. The van der Waals surface area contributed by atoms with Crippen molar-refractivity contribution in [3.8, 4) is 22.5 Å². The normalized spacial score (nSPS) is 12.1. The molecule has 0 N–H and O–H groups in total.